The van der Waals surface area contributed by atoms with Gasteiger partial charge in [0.25, 0.3) is 0 Å². The number of ether oxygens (including phenoxy) is 1. The first-order valence-corrected chi connectivity index (χ1v) is 7.72. The predicted octanol–water partition coefficient (Wildman–Crippen LogP) is 4.94. The molecule has 0 amide bonds. The third-order valence-corrected chi connectivity index (χ3v) is 3.36. The van der Waals surface area contributed by atoms with Gasteiger partial charge in [0, 0.05) is 17.3 Å². The summed E-state index contributed by atoms with van der Waals surface area (Å²) in [6, 6.07) is 19.1. The van der Waals surface area contributed by atoms with E-state index in [9.17, 15) is 0 Å². The minimum Gasteiger partial charge on any atom is -0.494 e. The first kappa shape index (κ1) is 15.3. The number of hydrogen-bond donors (Lipinski definition) is 1. The Morgan fingerprint density at radius 2 is 1.74 bits per heavy atom. The molecule has 4 nitrogen and oxygen atoms in total. The molecular formula is C18H16ClN3O. The van der Waals surface area contributed by atoms with Crippen LogP contribution in [-0.4, -0.2) is 16.6 Å². The first-order valence-electron chi connectivity index (χ1n) is 7.34. The maximum atomic E-state index is 6.12. The average molecular weight is 326 g/mol. The van der Waals surface area contributed by atoms with Crippen molar-refractivity contribution < 1.29 is 4.74 Å². The van der Waals surface area contributed by atoms with Crippen LogP contribution >= 0.6 is 11.6 Å². The van der Waals surface area contributed by atoms with Crippen LogP contribution < -0.4 is 10.1 Å². The van der Waals surface area contributed by atoms with E-state index in [1.807, 2.05) is 61.5 Å². The molecular weight excluding hydrogens is 310 g/mol. The molecule has 5 heteroatoms. The minimum absolute atomic E-state index is 0.396. The zero-order valence-electron chi connectivity index (χ0n) is 12.7. The van der Waals surface area contributed by atoms with E-state index in [1.54, 1.807) is 6.07 Å². The van der Waals surface area contributed by atoms with Crippen molar-refractivity contribution >= 4 is 23.1 Å². The molecule has 0 unspecified atom stereocenters. The molecule has 0 atom stereocenters. The Morgan fingerprint density at radius 3 is 2.43 bits per heavy atom. The van der Waals surface area contributed by atoms with E-state index < -0.39 is 0 Å². The van der Waals surface area contributed by atoms with Gasteiger partial charge in [-0.1, -0.05) is 41.9 Å². The Hall–Kier alpha value is -2.59. The number of nitrogens with one attached hydrogen (secondary N) is 1. The Morgan fingerprint density at radius 1 is 1.00 bits per heavy atom. The summed E-state index contributed by atoms with van der Waals surface area (Å²) in [6.07, 6.45) is 0. The second-order valence-corrected chi connectivity index (χ2v) is 5.24. The monoisotopic (exact) mass is 325 g/mol. The Kier molecular flexibility index (Phi) is 4.74. The maximum Gasteiger partial charge on any atom is 0.163 e. The SMILES string of the molecule is CCOc1ccc(Nc2cc(Cl)nc(-c3ccccc3)n2)cc1. The lowest BCUT2D eigenvalue weighted by molar-refractivity contribution is 0.340. The van der Waals surface area contributed by atoms with Gasteiger partial charge in [-0.15, -0.1) is 0 Å². The molecule has 0 saturated heterocycles. The lowest BCUT2D eigenvalue weighted by Gasteiger charge is -2.09. The van der Waals surface area contributed by atoms with Crippen molar-refractivity contribution in [3.05, 3.63) is 65.8 Å². The van der Waals surface area contributed by atoms with Crippen LogP contribution in [0.25, 0.3) is 11.4 Å². The number of aromatic nitrogens is 2. The van der Waals surface area contributed by atoms with Crippen LogP contribution in [0.2, 0.25) is 5.15 Å². The molecule has 0 aliphatic heterocycles. The van der Waals surface area contributed by atoms with Crippen molar-refractivity contribution in [2.45, 2.75) is 6.92 Å². The van der Waals surface area contributed by atoms with E-state index in [-0.39, 0.29) is 0 Å². The molecule has 23 heavy (non-hydrogen) atoms. The largest absolute Gasteiger partial charge is 0.494 e. The van der Waals surface area contributed by atoms with E-state index in [1.165, 1.54) is 0 Å². The van der Waals surface area contributed by atoms with Gasteiger partial charge in [0.05, 0.1) is 6.61 Å². The van der Waals surface area contributed by atoms with Crippen LogP contribution in [0.1, 0.15) is 6.92 Å². The quantitative estimate of drug-likeness (QED) is 0.675. The topological polar surface area (TPSA) is 47.0 Å². The molecule has 3 rings (SSSR count). The van der Waals surface area contributed by atoms with Gasteiger partial charge in [0.15, 0.2) is 5.82 Å². The van der Waals surface area contributed by atoms with E-state index in [2.05, 4.69) is 15.3 Å². The van der Waals surface area contributed by atoms with Crippen molar-refractivity contribution in [2.75, 3.05) is 11.9 Å². The van der Waals surface area contributed by atoms with E-state index in [0.29, 0.717) is 23.4 Å². The number of hydrogen-bond acceptors (Lipinski definition) is 4. The second kappa shape index (κ2) is 7.11. The summed E-state index contributed by atoms with van der Waals surface area (Å²) in [4.78, 5) is 8.80. The van der Waals surface area contributed by atoms with Crippen molar-refractivity contribution in [1.82, 2.24) is 9.97 Å². The van der Waals surface area contributed by atoms with Gasteiger partial charge >= 0.3 is 0 Å². The third kappa shape index (κ3) is 3.99. The Labute approximate surface area is 140 Å². The van der Waals surface area contributed by atoms with Gasteiger partial charge in [0.1, 0.15) is 16.7 Å². The summed E-state index contributed by atoms with van der Waals surface area (Å²) in [5.41, 5.74) is 1.83. The summed E-state index contributed by atoms with van der Waals surface area (Å²) < 4.78 is 5.43. The van der Waals surface area contributed by atoms with Crippen molar-refractivity contribution in [3.8, 4) is 17.1 Å². The van der Waals surface area contributed by atoms with Gasteiger partial charge < -0.3 is 10.1 Å². The molecule has 0 fully saturated rings. The normalized spacial score (nSPS) is 10.3. The number of anilines is 2. The van der Waals surface area contributed by atoms with E-state index >= 15 is 0 Å². The molecule has 0 saturated carbocycles. The van der Waals surface area contributed by atoms with Crippen LogP contribution in [0.15, 0.2) is 60.7 Å². The van der Waals surface area contributed by atoms with Crippen molar-refractivity contribution in [2.24, 2.45) is 0 Å². The molecule has 1 N–H and O–H groups in total. The number of benzene rings is 2. The molecule has 116 valence electrons. The van der Waals surface area contributed by atoms with Crippen LogP contribution in [0.3, 0.4) is 0 Å². The summed E-state index contributed by atoms with van der Waals surface area (Å²) in [6.45, 7) is 2.61. The highest BCUT2D eigenvalue weighted by Gasteiger charge is 2.06. The Bertz CT molecular complexity index is 776. The fraction of sp³-hybridized carbons (Fsp3) is 0.111. The van der Waals surface area contributed by atoms with E-state index in [0.717, 1.165) is 17.0 Å². The summed E-state index contributed by atoms with van der Waals surface area (Å²) in [7, 11) is 0. The standard InChI is InChI=1S/C18H16ClN3O/c1-2-23-15-10-8-14(9-11-15)20-17-12-16(19)21-18(22-17)13-6-4-3-5-7-13/h3-12H,2H2,1H3,(H,20,21,22). The highest BCUT2D eigenvalue weighted by molar-refractivity contribution is 6.29. The lowest BCUT2D eigenvalue weighted by Crippen LogP contribution is -1.98. The smallest absolute Gasteiger partial charge is 0.163 e. The fourth-order valence-corrected chi connectivity index (χ4v) is 2.33. The number of nitrogens with zero attached hydrogens (tertiary/aromatic N) is 2. The number of halogens is 1. The Balaban J connectivity index is 1.84. The number of rotatable bonds is 5. The van der Waals surface area contributed by atoms with Gasteiger partial charge in [-0.05, 0) is 31.2 Å². The highest BCUT2D eigenvalue weighted by atomic mass is 35.5. The van der Waals surface area contributed by atoms with Gasteiger partial charge in [-0.25, -0.2) is 9.97 Å². The van der Waals surface area contributed by atoms with E-state index in [4.69, 9.17) is 16.3 Å². The van der Waals surface area contributed by atoms with Gasteiger partial charge in [0.2, 0.25) is 0 Å². The van der Waals surface area contributed by atoms with Crippen LogP contribution in [0.5, 0.6) is 5.75 Å². The highest BCUT2D eigenvalue weighted by Crippen LogP contribution is 2.23. The second-order valence-electron chi connectivity index (χ2n) is 4.85. The third-order valence-electron chi connectivity index (χ3n) is 3.16. The lowest BCUT2D eigenvalue weighted by atomic mass is 10.2. The maximum absolute atomic E-state index is 6.12. The van der Waals surface area contributed by atoms with Crippen LogP contribution in [0.4, 0.5) is 11.5 Å². The zero-order chi connectivity index (χ0) is 16.1. The molecule has 0 bridgehead atoms. The van der Waals surface area contributed by atoms with Gasteiger partial charge in [-0.3, -0.25) is 0 Å². The predicted molar refractivity (Wildman–Crippen MR) is 93.4 cm³/mol. The minimum atomic E-state index is 0.396. The molecule has 1 aromatic heterocycles. The molecule has 0 spiro atoms. The van der Waals surface area contributed by atoms with Crippen LogP contribution in [-0.2, 0) is 0 Å². The average Bonchev–Trinajstić information content (AvgIpc) is 2.57. The first-order chi connectivity index (χ1) is 11.2. The molecule has 1 heterocycles. The van der Waals surface area contributed by atoms with Crippen molar-refractivity contribution in [1.29, 1.82) is 0 Å². The molecule has 0 aliphatic rings. The molecule has 0 radical (unpaired) electrons. The van der Waals surface area contributed by atoms with Crippen LogP contribution in [0, 0.1) is 0 Å². The summed E-state index contributed by atoms with van der Waals surface area (Å²) in [5.74, 6) is 2.07. The zero-order valence-corrected chi connectivity index (χ0v) is 13.4. The molecule has 3 aromatic rings. The van der Waals surface area contributed by atoms with Gasteiger partial charge in [-0.2, -0.15) is 0 Å². The molecule has 0 aliphatic carbocycles. The molecule has 2 aromatic carbocycles. The fourth-order valence-electron chi connectivity index (χ4n) is 2.15. The summed E-state index contributed by atoms with van der Waals surface area (Å²) >= 11 is 6.12. The summed E-state index contributed by atoms with van der Waals surface area (Å²) in [5, 5.41) is 3.63. The van der Waals surface area contributed by atoms with Crippen molar-refractivity contribution in [3.63, 3.8) is 0 Å².